The van der Waals surface area contributed by atoms with Crippen LogP contribution >= 0.6 is 0 Å². The van der Waals surface area contributed by atoms with Crippen molar-refractivity contribution in [1.29, 1.82) is 0 Å². The summed E-state index contributed by atoms with van der Waals surface area (Å²) in [5, 5.41) is 2.17. The van der Waals surface area contributed by atoms with Crippen molar-refractivity contribution in [2.24, 2.45) is 0 Å². The van der Waals surface area contributed by atoms with Crippen molar-refractivity contribution in [1.82, 2.24) is 0 Å². The SMILES string of the molecule is CCCCc1ccc2cc(C#Cc3cc(F)c(C(F)(F)Oc4cccc(F)c4)cc3C)ccc2c1. The summed E-state index contributed by atoms with van der Waals surface area (Å²) >= 11 is 0. The molecule has 0 bridgehead atoms. The molecule has 0 radical (unpaired) electrons. The van der Waals surface area contributed by atoms with Crippen LogP contribution in [0.3, 0.4) is 0 Å². The van der Waals surface area contributed by atoms with Gasteiger partial charge in [-0.2, -0.15) is 8.78 Å². The van der Waals surface area contributed by atoms with Gasteiger partial charge in [0.25, 0.3) is 0 Å². The fourth-order valence-corrected chi connectivity index (χ4v) is 3.82. The van der Waals surface area contributed by atoms with Gasteiger partial charge >= 0.3 is 6.11 Å². The highest BCUT2D eigenvalue weighted by molar-refractivity contribution is 5.84. The summed E-state index contributed by atoms with van der Waals surface area (Å²) in [7, 11) is 0. The molecule has 0 amide bonds. The zero-order chi connectivity index (χ0) is 25.0. The predicted octanol–water partition coefficient (Wildman–Crippen LogP) is 8.30. The second kappa shape index (κ2) is 10.2. The molecular weight excluding hydrogens is 452 g/mol. The Balaban J connectivity index is 1.57. The second-order valence-corrected chi connectivity index (χ2v) is 8.47. The van der Waals surface area contributed by atoms with Crippen LogP contribution in [-0.4, -0.2) is 0 Å². The molecule has 1 nitrogen and oxygen atoms in total. The van der Waals surface area contributed by atoms with Gasteiger partial charge in [-0.05, 0) is 78.1 Å². The smallest absolute Gasteiger partial charge is 0.429 e. The zero-order valence-electron chi connectivity index (χ0n) is 19.5. The highest BCUT2D eigenvalue weighted by atomic mass is 19.3. The topological polar surface area (TPSA) is 9.23 Å². The van der Waals surface area contributed by atoms with E-state index in [1.54, 1.807) is 6.92 Å². The summed E-state index contributed by atoms with van der Waals surface area (Å²) in [4.78, 5) is 0. The number of hydrogen-bond donors (Lipinski definition) is 0. The molecule has 0 unspecified atom stereocenters. The molecule has 0 aliphatic carbocycles. The van der Waals surface area contributed by atoms with E-state index in [0.717, 1.165) is 59.9 Å². The molecule has 0 spiro atoms. The molecule has 0 aliphatic heterocycles. The Hall–Kier alpha value is -3.78. The number of hydrogen-bond acceptors (Lipinski definition) is 1. The Labute approximate surface area is 202 Å². The number of rotatable bonds is 6. The van der Waals surface area contributed by atoms with Crippen LogP contribution < -0.4 is 4.74 Å². The van der Waals surface area contributed by atoms with Gasteiger partial charge in [-0.15, -0.1) is 0 Å². The third-order valence-corrected chi connectivity index (χ3v) is 5.73. The summed E-state index contributed by atoms with van der Waals surface area (Å²) in [6.07, 6.45) is -0.651. The maximum atomic E-state index is 14.7. The molecule has 0 atom stereocenters. The molecule has 35 heavy (non-hydrogen) atoms. The zero-order valence-corrected chi connectivity index (χ0v) is 19.5. The summed E-state index contributed by atoms with van der Waals surface area (Å²) in [5.74, 6) is 3.60. The quantitative estimate of drug-likeness (QED) is 0.201. The summed E-state index contributed by atoms with van der Waals surface area (Å²) in [6.45, 7) is 3.74. The molecule has 4 rings (SSSR count). The molecule has 0 fully saturated rings. The number of aryl methyl sites for hydroxylation is 2. The first-order valence-electron chi connectivity index (χ1n) is 11.4. The van der Waals surface area contributed by atoms with Crippen LogP contribution in [0.5, 0.6) is 5.75 Å². The van der Waals surface area contributed by atoms with Crippen molar-refractivity contribution in [2.75, 3.05) is 0 Å². The normalized spacial score (nSPS) is 11.3. The van der Waals surface area contributed by atoms with Crippen molar-refractivity contribution in [3.63, 3.8) is 0 Å². The van der Waals surface area contributed by atoms with Gasteiger partial charge in [-0.3, -0.25) is 0 Å². The fourth-order valence-electron chi connectivity index (χ4n) is 3.82. The van der Waals surface area contributed by atoms with E-state index in [-0.39, 0.29) is 0 Å². The minimum absolute atomic E-state index is 0.294. The lowest BCUT2D eigenvalue weighted by Gasteiger charge is -2.19. The predicted molar refractivity (Wildman–Crippen MR) is 131 cm³/mol. The lowest BCUT2D eigenvalue weighted by molar-refractivity contribution is -0.187. The summed E-state index contributed by atoms with van der Waals surface area (Å²) < 4.78 is 61.8. The van der Waals surface area contributed by atoms with Crippen LogP contribution in [0.4, 0.5) is 17.6 Å². The van der Waals surface area contributed by atoms with E-state index in [0.29, 0.717) is 11.1 Å². The van der Waals surface area contributed by atoms with Gasteiger partial charge in [0, 0.05) is 17.2 Å². The fraction of sp³-hybridized carbons (Fsp3) is 0.200. The molecule has 0 saturated carbocycles. The number of unbranched alkanes of at least 4 members (excludes halogenated alkanes) is 1. The number of fused-ring (bicyclic) bond motifs is 1. The molecule has 0 N–H and O–H groups in total. The van der Waals surface area contributed by atoms with Gasteiger partial charge in [0.2, 0.25) is 0 Å². The van der Waals surface area contributed by atoms with Crippen LogP contribution in [-0.2, 0) is 12.5 Å². The summed E-state index contributed by atoms with van der Waals surface area (Å²) in [5.41, 5.74) is 1.76. The van der Waals surface area contributed by atoms with Gasteiger partial charge < -0.3 is 4.74 Å². The Morgan fingerprint density at radius 2 is 1.63 bits per heavy atom. The van der Waals surface area contributed by atoms with Gasteiger partial charge in [0.15, 0.2) is 0 Å². The van der Waals surface area contributed by atoms with E-state index < -0.39 is 29.1 Å². The Morgan fingerprint density at radius 1 is 0.857 bits per heavy atom. The number of alkyl halides is 2. The molecule has 4 aromatic carbocycles. The molecule has 4 aromatic rings. The van der Waals surface area contributed by atoms with Crippen LogP contribution in [0, 0.1) is 30.4 Å². The van der Waals surface area contributed by atoms with Crippen molar-refractivity contribution >= 4 is 10.8 Å². The number of halogens is 4. The standard InChI is InChI=1S/C30H24F4O/c1-3-4-6-21-10-13-25-17-22(11-14-24(25)16-21)9-12-23-18-29(32)28(15-20(23)2)30(33,34)35-27-8-5-7-26(31)19-27/h5,7-8,10-11,13-19H,3-4,6H2,1-2H3. The molecule has 0 aliphatic rings. The Kier molecular flexibility index (Phi) is 7.12. The molecular formula is C30H24F4O. The van der Waals surface area contributed by atoms with E-state index in [2.05, 4.69) is 41.7 Å². The van der Waals surface area contributed by atoms with Gasteiger partial charge in [0.05, 0.1) is 0 Å². The third kappa shape index (κ3) is 5.84. The van der Waals surface area contributed by atoms with Crippen LogP contribution in [0.1, 0.15) is 47.6 Å². The van der Waals surface area contributed by atoms with Crippen molar-refractivity contribution in [3.8, 4) is 17.6 Å². The molecule has 5 heteroatoms. The second-order valence-electron chi connectivity index (χ2n) is 8.47. The lowest BCUT2D eigenvalue weighted by Crippen LogP contribution is -2.24. The minimum Gasteiger partial charge on any atom is -0.429 e. The van der Waals surface area contributed by atoms with Gasteiger partial charge in [-0.25, -0.2) is 8.78 Å². The van der Waals surface area contributed by atoms with E-state index in [4.69, 9.17) is 0 Å². The third-order valence-electron chi connectivity index (χ3n) is 5.73. The lowest BCUT2D eigenvalue weighted by atomic mass is 10.0. The van der Waals surface area contributed by atoms with Gasteiger partial charge in [-0.1, -0.05) is 55.5 Å². The van der Waals surface area contributed by atoms with E-state index in [1.165, 1.54) is 17.7 Å². The maximum Gasteiger partial charge on any atom is 0.429 e. The van der Waals surface area contributed by atoms with Crippen LogP contribution in [0.15, 0.2) is 72.8 Å². The molecule has 178 valence electrons. The van der Waals surface area contributed by atoms with Gasteiger partial charge in [0.1, 0.15) is 22.9 Å². The maximum absolute atomic E-state index is 14.7. The van der Waals surface area contributed by atoms with Crippen molar-refractivity contribution in [2.45, 2.75) is 39.2 Å². The first kappa shape index (κ1) is 24.3. The average Bonchev–Trinajstić information content (AvgIpc) is 2.82. The van der Waals surface area contributed by atoms with Crippen LogP contribution in [0.2, 0.25) is 0 Å². The van der Waals surface area contributed by atoms with Crippen molar-refractivity contribution < 1.29 is 22.3 Å². The first-order valence-corrected chi connectivity index (χ1v) is 11.4. The Morgan fingerprint density at radius 3 is 2.40 bits per heavy atom. The Bertz CT molecular complexity index is 1430. The highest BCUT2D eigenvalue weighted by Gasteiger charge is 2.38. The highest BCUT2D eigenvalue weighted by Crippen LogP contribution is 2.34. The molecule has 0 heterocycles. The minimum atomic E-state index is -3.98. The van der Waals surface area contributed by atoms with E-state index in [9.17, 15) is 17.6 Å². The van der Waals surface area contributed by atoms with Crippen LogP contribution in [0.25, 0.3) is 10.8 Å². The van der Waals surface area contributed by atoms with Crippen molar-refractivity contribution in [3.05, 3.63) is 112 Å². The average molecular weight is 477 g/mol. The van der Waals surface area contributed by atoms with E-state index in [1.807, 2.05) is 18.2 Å². The molecule has 0 aromatic heterocycles. The summed E-state index contributed by atoms with van der Waals surface area (Å²) in [6, 6.07) is 18.5. The number of ether oxygens (including phenoxy) is 1. The monoisotopic (exact) mass is 476 g/mol. The first-order chi connectivity index (χ1) is 16.7. The largest absolute Gasteiger partial charge is 0.429 e. The van der Waals surface area contributed by atoms with E-state index >= 15 is 0 Å². The number of benzene rings is 4. The molecule has 0 saturated heterocycles.